The molecule has 210 valence electrons. The van der Waals surface area contributed by atoms with E-state index in [0.29, 0.717) is 0 Å². The van der Waals surface area contributed by atoms with Crippen LogP contribution in [0.1, 0.15) is 61.6 Å². The van der Waals surface area contributed by atoms with Crippen LogP contribution in [0.5, 0.6) is 0 Å². The van der Waals surface area contributed by atoms with Crippen LogP contribution in [0.15, 0.2) is 42.0 Å². The fourth-order valence-corrected chi connectivity index (χ4v) is 17.0. The summed E-state index contributed by atoms with van der Waals surface area (Å²) in [5.41, 5.74) is 0.193. The van der Waals surface area contributed by atoms with E-state index in [0.717, 1.165) is 0 Å². The van der Waals surface area contributed by atoms with E-state index in [1.54, 1.807) is 35.6 Å². The third kappa shape index (κ3) is 5.21. The SMILES string of the molecule is CC(C)[Si]1(C(C)C)OC[C@H]2O[C@@H](n3cccnc3=O)[C@H](OC(=S)n3ccnc3)[C@@H]2O[Si](C(C)C)(C(C)C)O1. The normalized spacial score (nSPS) is 26.9. The van der Waals surface area contributed by atoms with Gasteiger partial charge in [-0.25, -0.2) is 14.8 Å². The first-order valence-corrected chi connectivity index (χ1v) is 17.7. The first-order chi connectivity index (χ1) is 17.9. The molecule has 0 bridgehead atoms. The molecule has 2 aliphatic heterocycles. The molecule has 2 fully saturated rings. The van der Waals surface area contributed by atoms with Crippen molar-refractivity contribution in [2.45, 2.75) is 102 Å². The number of aromatic nitrogens is 4. The molecule has 4 heterocycles. The zero-order valence-corrected chi connectivity index (χ0v) is 26.3. The van der Waals surface area contributed by atoms with Gasteiger partial charge in [-0.15, -0.1) is 0 Å². The van der Waals surface area contributed by atoms with E-state index in [4.69, 9.17) is 34.7 Å². The Morgan fingerprint density at radius 2 is 1.68 bits per heavy atom. The summed E-state index contributed by atoms with van der Waals surface area (Å²) in [5.74, 6) is 0. The molecule has 0 unspecified atom stereocenters. The number of ether oxygens (including phenoxy) is 2. The summed E-state index contributed by atoms with van der Waals surface area (Å²) in [7, 11) is -5.71. The Hall–Kier alpha value is -1.75. The lowest BCUT2D eigenvalue weighted by Gasteiger charge is -2.51. The average Bonchev–Trinajstić information content (AvgIpc) is 3.48. The standard InChI is InChI=1S/C25H40N4O6SSi2/c1-16(2)37(17(3)4)31-14-20-21(34-38(35-37,18(5)6)19(7)8)22(33-25(36)28-13-11-26-15-28)23(32-20)29-12-9-10-27-24(29)30/h9-13,15-23H,14H2,1-8H3/t20-,21-,22-,23-/m1/s1. The monoisotopic (exact) mass is 580 g/mol. The summed E-state index contributed by atoms with van der Waals surface area (Å²) in [6.45, 7) is 17.6. The van der Waals surface area contributed by atoms with Crippen LogP contribution in [-0.2, 0) is 22.4 Å². The lowest BCUT2D eigenvalue weighted by molar-refractivity contribution is -0.0593. The number of thiocarbonyl (C=S) groups is 1. The Labute approximate surface area is 232 Å². The summed E-state index contributed by atoms with van der Waals surface area (Å²) in [6, 6.07) is 1.69. The van der Waals surface area contributed by atoms with Crippen molar-refractivity contribution < 1.29 is 22.4 Å². The average molecular weight is 581 g/mol. The van der Waals surface area contributed by atoms with Gasteiger partial charge in [0, 0.05) is 24.8 Å². The Kier molecular flexibility index (Phi) is 8.77. The number of imidazole rings is 1. The van der Waals surface area contributed by atoms with Crippen molar-refractivity contribution >= 4 is 34.5 Å². The van der Waals surface area contributed by atoms with Gasteiger partial charge < -0.3 is 22.4 Å². The van der Waals surface area contributed by atoms with E-state index in [2.05, 4.69) is 65.4 Å². The summed E-state index contributed by atoms with van der Waals surface area (Å²) < 4.78 is 37.3. The second-order valence-electron chi connectivity index (χ2n) is 11.3. The second-order valence-corrected chi connectivity index (χ2v) is 20.4. The van der Waals surface area contributed by atoms with Crippen LogP contribution in [-0.4, -0.2) is 66.3 Å². The van der Waals surface area contributed by atoms with Crippen LogP contribution in [0.4, 0.5) is 0 Å². The molecule has 4 rings (SSSR count). The number of hydrogen-bond acceptors (Lipinski definition) is 9. The van der Waals surface area contributed by atoms with Gasteiger partial charge in [-0.3, -0.25) is 9.13 Å². The third-order valence-corrected chi connectivity index (χ3v) is 18.1. The fraction of sp³-hybridized carbons (Fsp3) is 0.680. The van der Waals surface area contributed by atoms with Gasteiger partial charge >= 0.3 is 22.8 Å². The van der Waals surface area contributed by atoms with Crippen LogP contribution in [0, 0.1) is 0 Å². The van der Waals surface area contributed by atoms with E-state index in [1.165, 1.54) is 10.8 Å². The third-order valence-electron chi connectivity index (χ3n) is 7.58. The Balaban J connectivity index is 1.83. The van der Waals surface area contributed by atoms with Gasteiger partial charge in [-0.2, -0.15) is 0 Å². The zero-order chi connectivity index (χ0) is 27.8. The van der Waals surface area contributed by atoms with Gasteiger partial charge in [0.05, 0.1) is 6.61 Å². The smallest absolute Gasteiger partial charge is 0.349 e. The Bertz CT molecular complexity index is 1140. The maximum Gasteiger partial charge on any atom is 0.349 e. The van der Waals surface area contributed by atoms with Gasteiger partial charge in [-0.1, -0.05) is 55.4 Å². The molecule has 0 aliphatic carbocycles. The van der Waals surface area contributed by atoms with Crippen LogP contribution in [0.2, 0.25) is 22.2 Å². The second kappa shape index (κ2) is 11.4. The highest BCUT2D eigenvalue weighted by molar-refractivity contribution is 7.80. The summed E-state index contributed by atoms with van der Waals surface area (Å²) in [5, 5.41) is 0.181. The maximum atomic E-state index is 12.8. The molecule has 4 atom stereocenters. The molecular formula is C25H40N4O6SSi2. The number of hydrogen-bond donors (Lipinski definition) is 0. The predicted octanol–water partition coefficient (Wildman–Crippen LogP) is 4.51. The molecular weight excluding hydrogens is 541 g/mol. The number of nitrogens with zero attached hydrogens (tertiary/aromatic N) is 4. The number of fused-ring (bicyclic) bond motifs is 1. The van der Waals surface area contributed by atoms with Crippen molar-refractivity contribution in [3.63, 3.8) is 0 Å². The minimum absolute atomic E-state index is 0.121. The molecule has 2 aromatic rings. The van der Waals surface area contributed by atoms with Gasteiger partial charge in [0.15, 0.2) is 12.3 Å². The van der Waals surface area contributed by atoms with Gasteiger partial charge in [0.2, 0.25) is 0 Å². The van der Waals surface area contributed by atoms with Crippen molar-refractivity contribution in [3.8, 4) is 0 Å². The number of rotatable bonds is 6. The zero-order valence-electron chi connectivity index (χ0n) is 23.4. The van der Waals surface area contributed by atoms with Crippen molar-refractivity contribution in [1.82, 2.24) is 19.1 Å². The highest BCUT2D eigenvalue weighted by Crippen LogP contribution is 2.48. The Morgan fingerprint density at radius 1 is 1.03 bits per heavy atom. The highest BCUT2D eigenvalue weighted by Gasteiger charge is 2.62. The summed E-state index contributed by atoms with van der Waals surface area (Å²) >= 11 is 5.61. The molecule has 0 N–H and O–H groups in total. The Morgan fingerprint density at radius 3 is 2.24 bits per heavy atom. The van der Waals surface area contributed by atoms with E-state index in [9.17, 15) is 4.79 Å². The first-order valence-electron chi connectivity index (χ1n) is 13.3. The minimum Gasteiger partial charge on any atom is -0.459 e. The molecule has 0 saturated carbocycles. The maximum absolute atomic E-state index is 12.8. The van der Waals surface area contributed by atoms with Gasteiger partial charge in [0.1, 0.15) is 18.5 Å². The van der Waals surface area contributed by atoms with Crippen molar-refractivity contribution in [2.75, 3.05) is 6.61 Å². The largest absolute Gasteiger partial charge is 0.459 e. The van der Waals surface area contributed by atoms with Crippen LogP contribution in [0.3, 0.4) is 0 Å². The fourth-order valence-electron chi connectivity index (χ4n) is 5.58. The molecule has 2 saturated heterocycles. The quantitative estimate of drug-likeness (QED) is 0.361. The van der Waals surface area contributed by atoms with Crippen molar-refractivity contribution in [1.29, 1.82) is 0 Å². The van der Waals surface area contributed by atoms with E-state index in [-0.39, 0.29) is 33.9 Å². The predicted molar refractivity (Wildman–Crippen MR) is 151 cm³/mol. The summed E-state index contributed by atoms with van der Waals surface area (Å²) in [4.78, 5) is 20.8. The van der Waals surface area contributed by atoms with Crippen LogP contribution in [0.25, 0.3) is 0 Å². The van der Waals surface area contributed by atoms with E-state index in [1.807, 2.05) is 0 Å². The van der Waals surface area contributed by atoms with Crippen molar-refractivity contribution in [2.24, 2.45) is 0 Å². The van der Waals surface area contributed by atoms with E-state index < -0.39 is 47.4 Å². The molecule has 0 spiro atoms. The first kappa shape index (κ1) is 29.2. The topological polar surface area (TPSA) is 98.9 Å². The highest BCUT2D eigenvalue weighted by atomic mass is 32.1. The molecule has 2 aliphatic rings. The molecule has 10 nitrogen and oxygen atoms in total. The minimum atomic E-state index is -2.96. The van der Waals surface area contributed by atoms with Gasteiger partial charge in [0.25, 0.3) is 5.17 Å². The molecule has 0 amide bonds. The van der Waals surface area contributed by atoms with Gasteiger partial charge in [-0.05, 0) is 40.4 Å². The lowest BCUT2D eigenvalue weighted by atomic mass is 10.1. The van der Waals surface area contributed by atoms with Crippen LogP contribution < -0.4 is 5.69 Å². The molecule has 2 aromatic heterocycles. The van der Waals surface area contributed by atoms with E-state index >= 15 is 0 Å². The molecule has 38 heavy (non-hydrogen) atoms. The van der Waals surface area contributed by atoms with Crippen LogP contribution >= 0.6 is 12.2 Å². The summed E-state index contributed by atoms with van der Waals surface area (Å²) in [6.07, 6.45) is 5.34. The molecule has 0 aromatic carbocycles. The molecule has 0 radical (unpaired) electrons. The lowest BCUT2D eigenvalue weighted by Crippen LogP contribution is -2.66. The molecule has 13 heteroatoms. The van der Waals surface area contributed by atoms with Crippen molar-refractivity contribution in [3.05, 3.63) is 47.7 Å².